The van der Waals surface area contributed by atoms with Gasteiger partial charge in [-0.15, -0.1) is 0 Å². The van der Waals surface area contributed by atoms with Crippen LogP contribution in [-0.2, 0) is 0 Å². The summed E-state index contributed by atoms with van der Waals surface area (Å²) in [5, 5.41) is 22.3. The lowest BCUT2D eigenvalue weighted by Gasteiger charge is -2.29. The van der Waals surface area contributed by atoms with Gasteiger partial charge in [0, 0.05) is 0 Å². The first-order valence-electron chi connectivity index (χ1n) is 10.4. The summed E-state index contributed by atoms with van der Waals surface area (Å²) >= 11 is 0. The van der Waals surface area contributed by atoms with Gasteiger partial charge in [-0.3, -0.25) is 0 Å². The van der Waals surface area contributed by atoms with Crippen molar-refractivity contribution in [2.45, 2.75) is 76.0 Å². The van der Waals surface area contributed by atoms with Gasteiger partial charge in [0.25, 0.3) is 0 Å². The van der Waals surface area contributed by atoms with Crippen LogP contribution in [-0.4, -0.2) is 10.2 Å². The minimum Gasteiger partial charge on any atom is -0.507 e. The highest BCUT2D eigenvalue weighted by atomic mass is 16.3. The van der Waals surface area contributed by atoms with E-state index in [0.29, 0.717) is 28.9 Å². The van der Waals surface area contributed by atoms with Gasteiger partial charge in [-0.05, 0) is 60.3 Å². The highest BCUT2D eigenvalue weighted by Gasteiger charge is 2.28. The Hall–Kier alpha value is -1.96. The number of aromatic hydroxyl groups is 2. The molecular weight excluding hydrogens is 320 g/mol. The fourth-order valence-electron chi connectivity index (χ4n) is 5.03. The fourth-order valence-corrected chi connectivity index (χ4v) is 5.03. The Morgan fingerprint density at radius 1 is 0.615 bits per heavy atom. The van der Waals surface area contributed by atoms with Crippen molar-refractivity contribution in [2.75, 3.05) is 0 Å². The van der Waals surface area contributed by atoms with E-state index in [-0.39, 0.29) is 0 Å². The summed E-state index contributed by atoms with van der Waals surface area (Å²) in [6.45, 7) is 0. The molecule has 2 aliphatic carbocycles. The maximum absolute atomic E-state index is 11.1. The van der Waals surface area contributed by atoms with Crippen LogP contribution in [0.4, 0.5) is 0 Å². The van der Waals surface area contributed by atoms with Crippen molar-refractivity contribution >= 4 is 0 Å². The number of benzene rings is 2. The van der Waals surface area contributed by atoms with Gasteiger partial charge in [0.2, 0.25) is 0 Å². The van der Waals surface area contributed by atoms with E-state index in [0.717, 1.165) is 42.4 Å². The molecule has 0 saturated heterocycles. The molecule has 138 valence electrons. The second-order valence-corrected chi connectivity index (χ2v) is 8.16. The van der Waals surface area contributed by atoms with Gasteiger partial charge < -0.3 is 10.2 Å². The van der Waals surface area contributed by atoms with Crippen molar-refractivity contribution in [3.8, 4) is 22.6 Å². The molecule has 2 heteroatoms. The normalized spacial score (nSPS) is 19.5. The first-order chi connectivity index (χ1) is 12.8. The zero-order valence-corrected chi connectivity index (χ0v) is 15.6. The highest BCUT2D eigenvalue weighted by molar-refractivity contribution is 5.80. The van der Waals surface area contributed by atoms with Gasteiger partial charge in [-0.2, -0.15) is 0 Å². The van der Waals surface area contributed by atoms with Crippen LogP contribution in [0.1, 0.15) is 87.2 Å². The van der Waals surface area contributed by atoms with E-state index in [1.807, 2.05) is 30.3 Å². The van der Waals surface area contributed by atoms with Gasteiger partial charge in [0.1, 0.15) is 11.5 Å². The summed E-state index contributed by atoms with van der Waals surface area (Å²) in [7, 11) is 0. The van der Waals surface area contributed by atoms with Crippen molar-refractivity contribution < 1.29 is 10.2 Å². The second kappa shape index (κ2) is 7.73. The van der Waals surface area contributed by atoms with Gasteiger partial charge in [-0.25, -0.2) is 0 Å². The molecule has 2 fully saturated rings. The van der Waals surface area contributed by atoms with Crippen LogP contribution < -0.4 is 0 Å². The molecule has 2 N–H and O–H groups in total. The standard InChI is InChI=1S/C24H30O2/c25-23-20(17-10-4-1-5-11-17)16-21(18-12-6-2-7-13-18)24(26)22(23)19-14-8-3-9-15-19/h3,8-9,14-18,25-26H,1-2,4-7,10-13H2. The molecule has 2 nitrogen and oxygen atoms in total. The van der Waals surface area contributed by atoms with E-state index in [1.54, 1.807) is 0 Å². The van der Waals surface area contributed by atoms with Crippen molar-refractivity contribution in [1.29, 1.82) is 0 Å². The van der Waals surface area contributed by atoms with E-state index in [9.17, 15) is 10.2 Å². The van der Waals surface area contributed by atoms with Gasteiger partial charge in [0.15, 0.2) is 0 Å². The minimum absolute atomic E-state index is 0.306. The van der Waals surface area contributed by atoms with Crippen LogP contribution in [0.15, 0.2) is 36.4 Å². The molecule has 0 radical (unpaired) electrons. The Kier molecular flexibility index (Phi) is 5.19. The van der Waals surface area contributed by atoms with Crippen LogP contribution in [0.2, 0.25) is 0 Å². The molecule has 0 aliphatic heterocycles. The van der Waals surface area contributed by atoms with E-state index < -0.39 is 0 Å². The predicted octanol–water partition coefficient (Wildman–Crippen LogP) is 6.86. The molecule has 2 saturated carbocycles. The molecule has 0 spiro atoms. The number of phenolic OH excluding ortho intramolecular Hbond substituents is 2. The Morgan fingerprint density at radius 3 is 1.54 bits per heavy atom. The quantitative estimate of drug-likeness (QED) is 0.635. The SMILES string of the molecule is Oc1c(C2CCCCC2)cc(C2CCCCC2)c(O)c1-c1ccccc1. The summed E-state index contributed by atoms with van der Waals surface area (Å²) in [5.41, 5.74) is 3.70. The summed E-state index contributed by atoms with van der Waals surface area (Å²) in [4.78, 5) is 0. The maximum atomic E-state index is 11.1. The second-order valence-electron chi connectivity index (χ2n) is 8.16. The fraction of sp³-hybridized carbons (Fsp3) is 0.500. The Bertz CT molecular complexity index is 696. The third kappa shape index (κ3) is 3.34. The molecule has 0 aromatic heterocycles. The zero-order valence-electron chi connectivity index (χ0n) is 15.6. The van der Waals surface area contributed by atoms with Gasteiger partial charge >= 0.3 is 0 Å². The smallest absolute Gasteiger partial charge is 0.130 e. The van der Waals surface area contributed by atoms with Crippen molar-refractivity contribution in [1.82, 2.24) is 0 Å². The molecule has 0 unspecified atom stereocenters. The summed E-state index contributed by atoms with van der Waals surface area (Å²) in [6.07, 6.45) is 12.2. The molecule has 2 aromatic carbocycles. The average molecular weight is 351 g/mol. The van der Waals surface area contributed by atoms with E-state index in [4.69, 9.17) is 0 Å². The van der Waals surface area contributed by atoms with Gasteiger partial charge in [-0.1, -0.05) is 68.9 Å². The lowest BCUT2D eigenvalue weighted by Crippen LogP contribution is -2.09. The lowest BCUT2D eigenvalue weighted by atomic mass is 9.77. The van der Waals surface area contributed by atoms with Crippen molar-refractivity contribution in [2.24, 2.45) is 0 Å². The molecule has 0 atom stereocenters. The van der Waals surface area contributed by atoms with Crippen molar-refractivity contribution in [3.05, 3.63) is 47.5 Å². The molecule has 2 aromatic rings. The Labute approximate surface area is 156 Å². The Morgan fingerprint density at radius 2 is 1.08 bits per heavy atom. The Balaban J connectivity index is 1.85. The summed E-state index contributed by atoms with van der Waals surface area (Å²) in [6, 6.07) is 12.1. The predicted molar refractivity (Wildman–Crippen MR) is 107 cm³/mol. The van der Waals surface area contributed by atoms with E-state index >= 15 is 0 Å². The van der Waals surface area contributed by atoms with Crippen molar-refractivity contribution in [3.63, 3.8) is 0 Å². The van der Waals surface area contributed by atoms with Crippen LogP contribution in [0.25, 0.3) is 11.1 Å². The first-order valence-corrected chi connectivity index (χ1v) is 10.4. The van der Waals surface area contributed by atoms with Gasteiger partial charge in [0.05, 0.1) is 5.56 Å². The van der Waals surface area contributed by atoms with E-state index in [1.165, 1.54) is 38.5 Å². The molecular formula is C24H30O2. The molecule has 26 heavy (non-hydrogen) atoms. The molecule has 0 heterocycles. The molecule has 2 aliphatic rings. The zero-order chi connectivity index (χ0) is 17.9. The summed E-state index contributed by atoms with van der Waals surface area (Å²) in [5.74, 6) is 1.46. The lowest BCUT2D eigenvalue weighted by molar-refractivity contribution is 0.396. The molecule has 0 amide bonds. The van der Waals surface area contributed by atoms with Crippen LogP contribution in [0, 0.1) is 0 Å². The third-order valence-corrected chi connectivity index (χ3v) is 6.48. The average Bonchev–Trinajstić information content (AvgIpc) is 2.70. The third-order valence-electron chi connectivity index (χ3n) is 6.48. The number of phenols is 2. The van der Waals surface area contributed by atoms with Crippen LogP contribution in [0.5, 0.6) is 11.5 Å². The molecule has 0 bridgehead atoms. The largest absolute Gasteiger partial charge is 0.507 e. The number of hydrogen-bond acceptors (Lipinski definition) is 2. The minimum atomic E-state index is 0.306. The van der Waals surface area contributed by atoms with Crippen LogP contribution in [0.3, 0.4) is 0 Å². The summed E-state index contributed by atoms with van der Waals surface area (Å²) < 4.78 is 0. The number of rotatable bonds is 3. The first kappa shape index (κ1) is 17.5. The topological polar surface area (TPSA) is 40.5 Å². The maximum Gasteiger partial charge on any atom is 0.130 e. The number of hydrogen-bond donors (Lipinski definition) is 2. The highest BCUT2D eigenvalue weighted by Crippen LogP contribution is 2.50. The molecule has 4 rings (SSSR count). The monoisotopic (exact) mass is 350 g/mol. The van der Waals surface area contributed by atoms with Crippen LogP contribution >= 0.6 is 0 Å². The van der Waals surface area contributed by atoms with E-state index in [2.05, 4.69) is 6.07 Å².